The van der Waals surface area contributed by atoms with Gasteiger partial charge in [0.25, 0.3) is 5.91 Å². The molecule has 1 saturated carbocycles. The summed E-state index contributed by atoms with van der Waals surface area (Å²) in [7, 11) is 0. The molecule has 1 aliphatic carbocycles. The van der Waals surface area contributed by atoms with Crippen molar-refractivity contribution >= 4 is 46.4 Å². The lowest BCUT2D eigenvalue weighted by atomic mass is 10.0. The fourth-order valence-corrected chi connectivity index (χ4v) is 4.72. The van der Waals surface area contributed by atoms with Crippen molar-refractivity contribution in [3.05, 3.63) is 45.2 Å². The summed E-state index contributed by atoms with van der Waals surface area (Å²) < 4.78 is 6.85. The summed E-state index contributed by atoms with van der Waals surface area (Å²) in [4.78, 5) is 41.7. The van der Waals surface area contributed by atoms with Crippen molar-refractivity contribution < 1.29 is 19.1 Å². The molecule has 2 aromatic rings. The highest BCUT2D eigenvalue weighted by atomic mass is 35.5. The van der Waals surface area contributed by atoms with Crippen molar-refractivity contribution in [2.24, 2.45) is 22.6 Å². The average Bonchev–Trinajstić information content (AvgIpc) is 3.49. The third-order valence-electron chi connectivity index (χ3n) is 6.17. The van der Waals surface area contributed by atoms with E-state index in [9.17, 15) is 14.4 Å². The first-order chi connectivity index (χ1) is 16.3. The van der Waals surface area contributed by atoms with Gasteiger partial charge in [-0.25, -0.2) is 0 Å². The smallest absolute Gasteiger partial charge is 0.324 e. The topological polar surface area (TPSA) is 116 Å². The van der Waals surface area contributed by atoms with Crippen LogP contribution >= 0.6 is 22.9 Å². The largest absolute Gasteiger partial charge is 0.443 e. The Kier molecular flexibility index (Phi) is 9.44. The molecular formula is C24H31ClN4O4S. The van der Waals surface area contributed by atoms with Crippen molar-refractivity contribution in [2.45, 2.75) is 65.1 Å². The lowest BCUT2D eigenvalue weighted by Crippen LogP contribution is -2.38. The normalized spacial score (nSPS) is 16.3. The molecule has 1 aliphatic rings. The minimum atomic E-state index is -0.703. The van der Waals surface area contributed by atoms with E-state index in [-0.39, 0.29) is 29.1 Å². The Balaban J connectivity index is 1.63. The van der Waals surface area contributed by atoms with Crippen LogP contribution < -0.4 is 15.9 Å². The van der Waals surface area contributed by atoms with Gasteiger partial charge in [0.2, 0.25) is 5.91 Å². The fourth-order valence-electron chi connectivity index (χ4n) is 3.78. The number of nitrogens with zero attached hydrogens (tertiary/aromatic N) is 2. The highest BCUT2D eigenvalue weighted by Gasteiger charge is 2.21. The Morgan fingerprint density at radius 3 is 2.74 bits per heavy atom. The molecule has 1 aromatic carbocycles. The number of benzene rings is 1. The van der Waals surface area contributed by atoms with Gasteiger partial charge in [-0.2, -0.15) is 4.99 Å². The third-order valence-corrected chi connectivity index (χ3v) is 7.28. The molecule has 1 aromatic heterocycles. The summed E-state index contributed by atoms with van der Waals surface area (Å²) in [5.74, 6) is -0.626. The molecule has 34 heavy (non-hydrogen) atoms. The number of thiazole rings is 1. The lowest BCUT2D eigenvalue weighted by molar-refractivity contribution is -0.150. The number of carbonyl (C=O) groups excluding carboxylic acids is 3. The van der Waals surface area contributed by atoms with E-state index in [1.165, 1.54) is 30.2 Å². The van der Waals surface area contributed by atoms with Gasteiger partial charge in [0, 0.05) is 23.6 Å². The second kappa shape index (κ2) is 12.3. The Morgan fingerprint density at radius 2 is 2.06 bits per heavy atom. The summed E-state index contributed by atoms with van der Waals surface area (Å²) >= 11 is 7.56. The van der Waals surface area contributed by atoms with Crippen molar-refractivity contribution in [1.29, 1.82) is 0 Å². The van der Waals surface area contributed by atoms with Crippen molar-refractivity contribution in [2.75, 3.05) is 5.32 Å². The number of halogens is 1. The molecule has 0 radical (unpaired) electrons. The highest BCUT2D eigenvalue weighted by molar-refractivity contribution is 7.07. The molecule has 2 atom stereocenters. The summed E-state index contributed by atoms with van der Waals surface area (Å²) in [6, 6.07) is 3.97. The zero-order valence-electron chi connectivity index (χ0n) is 19.5. The first-order valence-electron chi connectivity index (χ1n) is 11.5. The molecule has 0 unspecified atom stereocenters. The molecule has 0 aliphatic heterocycles. The Labute approximate surface area is 208 Å². The Bertz CT molecular complexity index is 1090. The maximum atomic E-state index is 12.7. The summed E-state index contributed by atoms with van der Waals surface area (Å²) in [5, 5.41) is 4.84. The number of nitrogens with one attached hydrogen (secondary N) is 1. The minimum absolute atomic E-state index is 0.00548. The number of anilines is 1. The highest BCUT2D eigenvalue weighted by Crippen LogP contribution is 2.29. The average molecular weight is 507 g/mol. The van der Waals surface area contributed by atoms with Crippen LogP contribution in [0.3, 0.4) is 0 Å². The number of amides is 2. The lowest BCUT2D eigenvalue weighted by Gasteiger charge is -2.16. The van der Waals surface area contributed by atoms with E-state index >= 15 is 0 Å². The van der Waals surface area contributed by atoms with Gasteiger partial charge in [-0.05, 0) is 42.9 Å². The molecule has 3 rings (SSSR count). The molecule has 3 N–H and O–H groups in total. The first-order valence-corrected chi connectivity index (χ1v) is 12.8. The van der Waals surface area contributed by atoms with Crippen LogP contribution in [0.4, 0.5) is 5.69 Å². The van der Waals surface area contributed by atoms with E-state index < -0.39 is 17.9 Å². The second-order valence-corrected chi connectivity index (χ2v) is 9.95. The number of esters is 1. The van der Waals surface area contributed by atoms with Crippen LogP contribution in [0.15, 0.2) is 34.8 Å². The molecule has 0 saturated heterocycles. The number of hydrogen-bond donors (Lipinski definition) is 2. The third kappa shape index (κ3) is 7.01. The Morgan fingerprint density at radius 1 is 1.32 bits per heavy atom. The second-order valence-electron chi connectivity index (χ2n) is 8.67. The molecule has 1 heterocycles. The van der Waals surface area contributed by atoms with Crippen LogP contribution in [-0.2, 0) is 21.1 Å². The van der Waals surface area contributed by atoms with Crippen LogP contribution in [0, 0.1) is 11.8 Å². The van der Waals surface area contributed by atoms with Gasteiger partial charge in [-0.3, -0.25) is 19.0 Å². The van der Waals surface area contributed by atoms with Gasteiger partial charge in [0.15, 0.2) is 11.5 Å². The number of ether oxygens (including phenoxy) is 1. The van der Waals surface area contributed by atoms with E-state index in [1.54, 1.807) is 28.3 Å². The van der Waals surface area contributed by atoms with E-state index in [1.807, 2.05) is 13.8 Å². The molecule has 0 spiro atoms. The van der Waals surface area contributed by atoms with Crippen molar-refractivity contribution in [1.82, 2.24) is 4.57 Å². The number of hydrogen-bond acceptors (Lipinski definition) is 6. The van der Waals surface area contributed by atoms with Crippen LogP contribution in [0.5, 0.6) is 0 Å². The van der Waals surface area contributed by atoms with E-state index in [2.05, 4.69) is 10.3 Å². The number of rotatable bonds is 9. The zero-order valence-corrected chi connectivity index (χ0v) is 21.0. The van der Waals surface area contributed by atoms with Crippen LogP contribution in [0.1, 0.15) is 62.7 Å². The predicted molar refractivity (Wildman–Crippen MR) is 132 cm³/mol. The molecular weight excluding hydrogens is 476 g/mol. The molecule has 10 heteroatoms. The summed E-state index contributed by atoms with van der Waals surface area (Å²) in [5.41, 5.74) is 6.66. The van der Waals surface area contributed by atoms with Gasteiger partial charge in [-0.1, -0.05) is 44.7 Å². The molecule has 184 valence electrons. The van der Waals surface area contributed by atoms with E-state index in [0.717, 1.165) is 19.3 Å². The Hall–Kier alpha value is -2.49. The quantitative estimate of drug-likeness (QED) is 0.491. The van der Waals surface area contributed by atoms with Gasteiger partial charge < -0.3 is 15.8 Å². The first kappa shape index (κ1) is 26.1. The standard InChI is InChI=1S/C24H31ClN4O4S/c1-3-15(2)21(26)23(32)33-14-29-10-11-34-24(29)28-22(31)17-8-9-19(18(25)13-17)27-20(30)12-16-6-4-5-7-16/h8-11,13,15-16,21H,3-7,12,14,26H2,1-2H3,(H,27,30)/b28-24-/t15-,21-/m0/s1. The maximum Gasteiger partial charge on any atom is 0.324 e. The van der Waals surface area contributed by atoms with Gasteiger partial charge in [-0.15, -0.1) is 11.3 Å². The minimum Gasteiger partial charge on any atom is -0.443 e. The molecule has 8 nitrogen and oxygen atoms in total. The molecule has 0 bridgehead atoms. The zero-order chi connectivity index (χ0) is 24.7. The fraction of sp³-hybridized carbons (Fsp3) is 0.500. The number of carbonyl (C=O) groups is 3. The van der Waals surface area contributed by atoms with Crippen LogP contribution in [0.25, 0.3) is 0 Å². The van der Waals surface area contributed by atoms with Crippen molar-refractivity contribution in [3.63, 3.8) is 0 Å². The van der Waals surface area contributed by atoms with Gasteiger partial charge >= 0.3 is 5.97 Å². The number of nitrogens with two attached hydrogens (primary N) is 1. The molecule has 2 amide bonds. The van der Waals surface area contributed by atoms with E-state index in [4.69, 9.17) is 22.1 Å². The summed E-state index contributed by atoms with van der Waals surface area (Å²) in [6.45, 7) is 3.75. The predicted octanol–water partition coefficient (Wildman–Crippen LogP) is 4.34. The number of aromatic nitrogens is 1. The van der Waals surface area contributed by atoms with Gasteiger partial charge in [0.1, 0.15) is 6.04 Å². The maximum absolute atomic E-state index is 12.7. The SMILES string of the molecule is CC[C@H](C)[C@H](N)C(=O)OCn1ccs/c1=N\C(=O)c1ccc(NC(=O)CC2CCCC2)c(Cl)c1. The van der Waals surface area contributed by atoms with E-state index in [0.29, 0.717) is 22.8 Å². The van der Waals surface area contributed by atoms with Gasteiger partial charge in [0.05, 0.1) is 10.7 Å². The molecule has 1 fully saturated rings. The van der Waals surface area contributed by atoms with Crippen LogP contribution in [0.2, 0.25) is 5.02 Å². The van der Waals surface area contributed by atoms with Crippen molar-refractivity contribution in [3.8, 4) is 0 Å². The van der Waals surface area contributed by atoms with Crippen LogP contribution in [-0.4, -0.2) is 28.4 Å². The summed E-state index contributed by atoms with van der Waals surface area (Å²) in [6.07, 6.45) is 7.45. The monoisotopic (exact) mass is 506 g/mol.